The van der Waals surface area contributed by atoms with Gasteiger partial charge in [-0.25, -0.2) is 12.7 Å². The fourth-order valence-electron chi connectivity index (χ4n) is 2.08. The van der Waals surface area contributed by atoms with E-state index < -0.39 is 27.2 Å². The molecule has 116 valence electrons. The maximum Gasteiger partial charge on any atom is 0.323 e. The Balaban J connectivity index is 2.74. The topological polar surface area (TPSA) is 130 Å². The van der Waals surface area contributed by atoms with Crippen molar-refractivity contribution in [1.29, 1.82) is 0 Å². The molecule has 0 radical (unpaired) electrons. The van der Waals surface area contributed by atoms with Crippen molar-refractivity contribution in [2.24, 2.45) is 11.7 Å². The Morgan fingerprint density at radius 3 is 2.70 bits per heavy atom. The zero-order valence-electron chi connectivity index (χ0n) is 11.4. The second kappa shape index (κ2) is 7.00. The van der Waals surface area contributed by atoms with E-state index in [2.05, 4.69) is 5.32 Å². The lowest BCUT2D eigenvalue weighted by molar-refractivity contribution is -0.136. The fourth-order valence-corrected chi connectivity index (χ4v) is 3.55. The molecule has 1 aliphatic rings. The number of carboxylic acids is 1. The highest BCUT2D eigenvalue weighted by Gasteiger charge is 2.38. The smallest absolute Gasteiger partial charge is 0.323 e. The van der Waals surface area contributed by atoms with Gasteiger partial charge < -0.3 is 16.2 Å². The zero-order chi connectivity index (χ0) is 15.3. The second-order valence-corrected chi connectivity index (χ2v) is 7.06. The summed E-state index contributed by atoms with van der Waals surface area (Å²) in [6.07, 6.45) is 1.12. The predicted octanol–water partition coefficient (Wildman–Crippen LogP) is -1.42. The Labute approximate surface area is 118 Å². The van der Waals surface area contributed by atoms with E-state index in [1.165, 1.54) is 0 Å². The second-order valence-electron chi connectivity index (χ2n) is 4.80. The van der Waals surface area contributed by atoms with Crippen molar-refractivity contribution in [2.45, 2.75) is 25.0 Å². The van der Waals surface area contributed by atoms with Crippen LogP contribution in [-0.2, 0) is 19.6 Å². The van der Waals surface area contributed by atoms with E-state index in [-0.39, 0.29) is 19.0 Å². The van der Waals surface area contributed by atoms with Crippen LogP contribution in [0.1, 0.15) is 19.8 Å². The van der Waals surface area contributed by atoms with Crippen LogP contribution in [-0.4, -0.2) is 61.1 Å². The molecule has 2 atom stereocenters. The maximum absolute atomic E-state index is 12.1. The summed E-state index contributed by atoms with van der Waals surface area (Å²) in [5.74, 6) is -2.08. The van der Waals surface area contributed by atoms with Crippen LogP contribution in [0.3, 0.4) is 0 Å². The van der Waals surface area contributed by atoms with Gasteiger partial charge in [0.05, 0.1) is 5.92 Å². The molecular formula is C11H21N3O5S. The molecule has 1 rings (SSSR count). The minimum Gasteiger partial charge on any atom is -0.480 e. The zero-order valence-corrected chi connectivity index (χ0v) is 12.2. The maximum atomic E-state index is 12.1. The first-order chi connectivity index (χ1) is 9.30. The van der Waals surface area contributed by atoms with Crippen LogP contribution in [0.2, 0.25) is 0 Å². The molecule has 0 aromatic heterocycles. The molecule has 1 saturated heterocycles. The summed E-state index contributed by atoms with van der Waals surface area (Å²) in [7, 11) is -3.92. The summed E-state index contributed by atoms with van der Waals surface area (Å²) >= 11 is 0. The SMILES string of the molecule is CC(C(=O)O)S(=O)(=O)N1CCCC(C(=O)NCCN)C1. The monoisotopic (exact) mass is 307 g/mol. The molecule has 0 aromatic rings. The molecule has 9 heteroatoms. The Morgan fingerprint density at radius 2 is 2.15 bits per heavy atom. The molecule has 0 spiro atoms. The molecule has 1 heterocycles. The van der Waals surface area contributed by atoms with Crippen molar-refractivity contribution in [3.8, 4) is 0 Å². The number of piperidine rings is 1. The third-order valence-corrected chi connectivity index (χ3v) is 5.50. The Morgan fingerprint density at radius 1 is 1.50 bits per heavy atom. The first-order valence-corrected chi connectivity index (χ1v) is 8.00. The highest BCUT2D eigenvalue weighted by atomic mass is 32.2. The summed E-state index contributed by atoms with van der Waals surface area (Å²) in [4.78, 5) is 22.7. The van der Waals surface area contributed by atoms with Gasteiger partial charge in [-0.1, -0.05) is 0 Å². The normalized spacial score (nSPS) is 22.2. The molecule has 8 nitrogen and oxygen atoms in total. The largest absolute Gasteiger partial charge is 0.480 e. The van der Waals surface area contributed by atoms with Crippen molar-refractivity contribution < 1.29 is 23.1 Å². The van der Waals surface area contributed by atoms with Crippen LogP contribution in [0.4, 0.5) is 0 Å². The van der Waals surface area contributed by atoms with E-state index in [9.17, 15) is 18.0 Å². The minimum atomic E-state index is -3.92. The summed E-state index contributed by atoms with van der Waals surface area (Å²) in [5, 5.41) is 9.96. The molecule has 0 aromatic carbocycles. The van der Waals surface area contributed by atoms with Gasteiger partial charge in [0, 0.05) is 26.2 Å². The molecule has 1 aliphatic heterocycles. The van der Waals surface area contributed by atoms with E-state index in [1.807, 2.05) is 0 Å². The lowest BCUT2D eigenvalue weighted by Crippen LogP contribution is -2.49. The van der Waals surface area contributed by atoms with Gasteiger partial charge in [-0.3, -0.25) is 9.59 Å². The van der Waals surface area contributed by atoms with Crippen LogP contribution < -0.4 is 11.1 Å². The molecule has 0 aliphatic carbocycles. The number of nitrogens with zero attached hydrogens (tertiary/aromatic N) is 1. The number of carboxylic acid groups (broad SMARTS) is 1. The molecule has 2 unspecified atom stereocenters. The van der Waals surface area contributed by atoms with Crippen LogP contribution in [0, 0.1) is 5.92 Å². The van der Waals surface area contributed by atoms with Crippen molar-refractivity contribution in [3.05, 3.63) is 0 Å². The van der Waals surface area contributed by atoms with Gasteiger partial charge >= 0.3 is 5.97 Å². The number of amides is 1. The van der Waals surface area contributed by atoms with E-state index in [1.54, 1.807) is 0 Å². The fraction of sp³-hybridized carbons (Fsp3) is 0.818. The number of nitrogens with two attached hydrogens (primary N) is 1. The lowest BCUT2D eigenvalue weighted by Gasteiger charge is -2.32. The summed E-state index contributed by atoms with van der Waals surface area (Å²) in [5.41, 5.74) is 5.29. The lowest BCUT2D eigenvalue weighted by atomic mass is 9.99. The van der Waals surface area contributed by atoms with Gasteiger partial charge in [0.1, 0.15) is 0 Å². The van der Waals surface area contributed by atoms with Gasteiger partial charge in [0.2, 0.25) is 15.9 Å². The van der Waals surface area contributed by atoms with E-state index in [4.69, 9.17) is 10.8 Å². The minimum absolute atomic E-state index is 0.0242. The van der Waals surface area contributed by atoms with Crippen LogP contribution in [0.15, 0.2) is 0 Å². The van der Waals surface area contributed by atoms with Crippen molar-refractivity contribution in [2.75, 3.05) is 26.2 Å². The standard InChI is InChI=1S/C11H21N3O5S/c1-8(11(16)17)20(18,19)14-6-2-3-9(7-14)10(15)13-5-4-12/h8-9H,2-7,12H2,1H3,(H,13,15)(H,16,17). The quantitative estimate of drug-likeness (QED) is 0.552. The summed E-state index contributed by atoms with van der Waals surface area (Å²) in [6, 6.07) is 0. The number of rotatable bonds is 6. The molecular weight excluding hydrogens is 286 g/mol. The number of sulfonamides is 1. The third kappa shape index (κ3) is 3.90. The summed E-state index contributed by atoms with van der Waals surface area (Å²) < 4.78 is 25.3. The number of carbonyl (C=O) groups is 2. The number of nitrogens with one attached hydrogen (secondary N) is 1. The summed E-state index contributed by atoms with van der Waals surface area (Å²) in [6.45, 7) is 2.07. The first-order valence-electron chi connectivity index (χ1n) is 6.50. The average molecular weight is 307 g/mol. The molecule has 1 fully saturated rings. The third-order valence-electron chi connectivity index (χ3n) is 3.35. The number of hydrogen-bond acceptors (Lipinski definition) is 5. The molecule has 1 amide bonds. The van der Waals surface area contributed by atoms with Crippen molar-refractivity contribution in [3.63, 3.8) is 0 Å². The Hall–Kier alpha value is -1.19. The molecule has 0 bridgehead atoms. The Bertz CT molecular complexity index is 465. The van der Waals surface area contributed by atoms with Gasteiger partial charge in [0.15, 0.2) is 5.25 Å². The van der Waals surface area contributed by atoms with Gasteiger partial charge in [0.25, 0.3) is 0 Å². The first kappa shape index (κ1) is 16.9. The molecule has 4 N–H and O–H groups in total. The van der Waals surface area contributed by atoms with E-state index >= 15 is 0 Å². The Kier molecular flexibility index (Phi) is 5.90. The van der Waals surface area contributed by atoms with Crippen molar-refractivity contribution >= 4 is 21.9 Å². The van der Waals surface area contributed by atoms with Gasteiger partial charge in [-0.05, 0) is 19.8 Å². The van der Waals surface area contributed by atoms with E-state index in [0.29, 0.717) is 25.9 Å². The average Bonchev–Trinajstić information content (AvgIpc) is 2.43. The number of aliphatic carboxylic acids is 1. The molecule has 0 saturated carbocycles. The number of carbonyl (C=O) groups excluding carboxylic acids is 1. The van der Waals surface area contributed by atoms with Crippen LogP contribution in [0.5, 0.6) is 0 Å². The highest BCUT2D eigenvalue weighted by Crippen LogP contribution is 2.21. The van der Waals surface area contributed by atoms with Crippen LogP contribution >= 0.6 is 0 Å². The van der Waals surface area contributed by atoms with Gasteiger partial charge in [-0.2, -0.15) is 0 Å². The van der Waals surface area contributed by atoms with E-state index in [0.717, 1.165) is 11.2 Å². The number of hydrogen-bond donors (Lipinski definition) is 3. The predicted molar refractivity (Wildman–Crippen MR) is 72.4 cm³/mol. The van der Waals surface area contributed by atoms with Crippen molar-refractivity contribution in [1.82, 2.24) is 9.62 Å². The highest BCUT2D eigenvalue weighted by molar-refractivity contribution is 7.90. The molecule has 20 heavy (non-hydrogen) atoms. The van der Waals surface area contributed by atoms with Gasteiger partial charge in [-0.15, -0.1) is 0 Å². The van der Waals surface area contributed by atoms with Crippen LogP contribution in [0.25, 0.3) is 0 Å².